The van der Waals surface area contributed by atoms with E-state index in [2.05, 4.69) is 21.2 Å². The molecule has 2 rings (SSSR count). The highest BCUT2D eigenvalue weighted by Gasteiger charge is 2.33. The maximum atomic E-state index is 13.1. The first-order valence-corrected chi connectivity index (χ1v) is 6.75. The first-order chi connectivity index (χ1) is 8.97. The minimum Gasteiger partial charge on any atom is -0.481 e. The van der Waals surface area contributed by atoms with Gasteiger partial charge in [-0.25, -0.2) is 4.39 Å². The normalized spacial score (nSPS) is 22.2. The third kappa shape index (κ3) is 3.32. The summed E-state index contributed by atoms with van der Waals surface area (Å²) in [5.41, 5.74) is 0.497. The first kappa shape index (κ1) is 14.0. The van der Waals surface area contributed by atoms with Crippen LogP contribution in [0.4, 0.5) is 10.1 Å². The fraction of sp³-hybridized carbons (Fsp3) is 0.385. The van der Waals surface area contributed by atoms with Crippen LogP contribution in [0.3, 0.4) is 0 Å². The molecule has 1 amide bonds. The summed E-state index contributed by atoms with van der Waals surface area (Å²) in [6, 6.07) is 4.22. The molecule has 1 fully saturated rings. The molecule has 1 saturated carbocycles. The lowest BCUT2D eigenvalue weighted by Crippen LogP contribution is -2.21. The molecule has 1 aliphatic carbocycles. The highest BCUT2D eigenvalue weighted by Crippen LogP contribution is 2.32. The van der Waals surface area contributed by atoms with Gasteiger partial charge in [-0.05, 0) is 53.4 Å². The third-order valence-corrected chi connectivity index (χ3v) is 3.95. The van der Waals surface area contributed by atoms with Crippen LogP contribution in [0.5, 0.6) is 0 Å². The number of benzene rings is 1. The summed E-state index contributed by atoms with van der Waals surface area (Å²) in [4.78, 5) is 22.8. The molecule has 0 aliphatic heterocycles. The van der Waals surface area contributed by atoms with Crippen molar-refractivity contribution in [2.24, 2.45) is 11.8 Å². The molecule has 0 bridgehead atoms. The molecule has 2 N–H and O–H groups in total. The Bertz CT molecular complexity index is 521. The quantitative estimate of drug-likeness (QED) is 0.895. The Balaban J connectivity index is 1.98. The number of carboxylic acid groups (broad SMARTS) is 1. The molecule has 0 radical (unpaired) electrons. The van der Waals surface area contributed by atoms with Gasteiger partial charge in [0.1, 0.15) is 5.82 Å². The average molecular weight is 330 g/mol. The summed E-state index contributed by atoms with van der Waals surface area (Å²) < 4.78 is 13.3. The Morgan fingerprint density at radius 2 is 2.00 bits per heavy atom. The van der Waals surface area contributed by atoms with Crippen molar-refractivity contribution >= 4 is 33.5 Å². The van der Waals surface area contributed by atoms with Gasteiger partial charge in [0.05, 0.1) is 10.4 Å². The van der Waals surface area contributed by atoms with Crippen molar-refractivity contribution in [3.8, 4) is 0 Å². The number of hydrogen-bond donors (Lipinski definition) is 2. The lowest BCUT2D eigenvalue weighted by molar-refractivity contribution is -0.141. The van der Waals surface area contributed by atoms with Crippen molar-refractivity contribution in [3.05, 3.63) is 28.5 Å². The van der Waals surface area contributed by atoms with E-state index in [1.165, 1.54) is 18.2 Å². The van der Waals surface area contributed by atoms with Crippen LogP contribution in [0.15, 0.2) is 22.7 Å². The van der Waals surface area contributed by atoms with Gasteiger partial charge in [-0.3, -0.25) is 9.59 Å². The SMILES string of the molecule is O=C(O)C1CCC(C(=O)Nc2ccc(F)c(Br)c2)C1. The summed E-state index contributed by atoms with van der Waals surface area (Å²) in [6.07, 6.45) is 1.47. The van der Waals surface area contributed by atoms with Crippen molar-refractivity contribution in [1.82, 2.24) is 0 Å². The summed E-state index contributed by atoms with van der Waals surface area (Å²) >= 11 is 3.04. The Kier molecular flexibility index (Phi) is 4.19. The van der Waals surface area contributed by atoms with Crippen LogP contribution in [-0.4, -0.2) is 17.0 Å². The number of carbonyl (C=O) groups is 2. The molecular formula is C13H13BrFNO3. The van der Waals surface area contributed by atoms with Gasteiger partial charge < -0.3 is 10.4 Å². The molecule has 6 heteroatoms. The van der Waals surface area contributed by atoms with Crippen molar-refractivity contribution in [2.75, 3.05) is 5.32 Å². The van der Waals surface area contributed by atoms with E-state index in [1.807, 2.05) is 0 Å². The van der Waals surface area contributed by atoms with Crippen LogP contribution in [0.25, 0.3) is 0 Å². The van der Waals surface area contributed by atoms with Crippen LogP contribution in [0.1, 0.15) is 19.3 Å². The van der Waals surface area contributed by atoms with Gasteiger partial charge in [0.15, 0.2) is 0 Å². The topological polar surface area (TPSA) is 66.4 Å². The molecule has 0 saturated heterocycles. The standard InChI is InChI=1S/C13H13BrFNO3/c14-10-6-9(3-4-11(10)15)16-12(17)7-1-2-8(5-7)13(18)19/h3-4,6-8H,1-2,5H2,(H,16,17)(H,18,19). The second kappa shape index (κ2) is 5.69. The number of rotatable bonds is 3. The van der Waals surface area contributed by atoms with E-state index in [1.54, 1.807) is 0 Å². The molecule has 2 unspecified atom stereocenters. The maximum Gasteiger partial charge on any atom is 0.306 e. The minimum atomic E-state index is -0.847. The Labute approximate surface area is 118 Å². The highest BCUT2D eigenvalue weighted by atomic mass is 79.9. The van der Waals surface area contributed by atoms with Crippen molar-refractivity contribution < 1.29 is 19.1 Å². The first-order valence-electron chi connectivity index (χ1n) is 5.96. The second-order valence-electron chi connectivity index (χ2n) is 4.66. The fourth-order valence-electron chi connectivity index (χ4n) is 2.26. The molecule has 2 atom stereocenters. The van der Waals surface area contributed by atoms with Gasteiger partial charge in [-0.15, -0.1) is 0 Å². The molecule has 19 heavy (non-hydrogen) atoms. The van der Waals surface area contributed by atoms with E-state index in [9.17, 15) is 14.0 Å². The van der Waals surface area contributed by atoms with E-state index in [-0.39, 0.29) is 16.3 Å². The van der Waals surface area contributed by atoms with Crippen LogP contribution >= 0.6 is 15.9 Å². The van der Waals surface area contributed by atoms with Gasteiger partial charge in [-0.2, -0.15) is 0 Å². The number of carboxylic acids is 1. The zero-order valence-electron chi connectivity index (χ0n) is 10.0. The summed E-state index contributed by atoms with van der Waals surface area (Å²) in [5.74, 6) is -2.17. The smallest absolute Gasteiger partial charge is 0.306 e. The van der Waals surface area contributed by atoms with Crippen LogP contribution in [0, 0.1) is 17.7 Å². The highest BCUT2D eigenvalue weighted by molar-refractivity contribution is 9.10. The maximum absolute atomic E-state index is 13.1. The monoisotopic (exact) mass is 329 g/mol. The second-order valence-corrected chi connectivity index (χ2v) is 5.52. The number of amides is 1. The van der Waals surface area contributed by atoms with Crippen LogP contribution in [0.2, 0.25) is 0 Å². The molecule has 4 nitrogen and oxygen atoms in total. The third-order valence-electron chi connectivity index (χ3n) is 3.34. The van der Waals surface area contributed by atoms with Crippen LogP contribution in [-0.2, 0) is 9.59 Å². The number of anilines is 1. The van der Waals surface area contributed by atoms with Gasteiger partial charge in [0.25, 0.3) is 0 Å². The van der Waals surface area contributed by atoms with Gasteiger partial charge >= 0.3 is 5.97 Å². The molecule has 102 valence electrons. The molecule has 1 aliphatic rings. The largest absolute Gasteiger partial charge is 0.481 e. The molecule has 0 heterocycles. The lowest BCUT2D eigenvalue weighted by atomic mass is 10.0. The molecule has 0 spiro atoms. The molecule has 0 aromatic heterocycles. The lowest BCUT2D eigenvalue weighted by Gasteiger charge is -2.11. The average Bonchev–Trinajstić information content (AvgIpc) is 2.83. The van der Waals surface area contributed by atoms with Gasteiger partial charge in [-0.1, -0.05) is 0 Å². The van der Waals surface area contributed by atoms with E-state index in [0.29, 0.717) is 24.9 Å². The number of carbonyl (C=O) groups excluding carboxylic acids is 1. The Morgan fingerprint density at radius 3 is 2.58 bits per heavy atom. The van der Waals surface area contributed by atoms with E-state index in [0.717, 1.165) is 0 Å². The Hall–Kier alpha value is -1.43. The summed E-state index contributed by atoms with van der Waals surface area (Å²) in [7, 11) is 0. The number of nitrogens with one attached hydrogen (secondary N) is 1. The molecule has 1 aromatic rings. The Morgan fingerprint density at radius 1 is 1.32 bits per heavy atom. The number of aliphatic carboxylic acids is 1. The van der Waals surface area contributed by atoms with Gasteiger partial charge in [0.2, 0.25) is 5.91 Å². The zero-order valence-corrected chi connectivity index (χ0v) is 11.6. The zero-order chi connectivity index (χ0) is 14.0. The minimum absolute atomic E-state index is 0.206. The summed E-state index contributed by atoms with van der Waals surface area (Å²) in [5, 5.41) is 11.6. The van der Waals surface area contributed by atoms with Crippen molar-refractivity contribution in [1.29, 1.82) is 0 Å². The molecule has 1 aromatic carbocycles. The summed E-state index contributed by atoms with van der Waals surface area (Å²) in [6.45, 7) is 0. The fourth-order valence-corrected chi connectivity index (χ4v) is 2.64. The van der Waals surface area contributed by atoms with Crippen molar-refractivity contribution in [2.45, 2.75) is 19.3 Å². The predicted molar refractivity (Wildman–Crippen MR) is 71.2 cm³/mol. The number of halogens is 2. The van der Waals surface area contributed by atoms with E-state index >= 15 is 0 Å². The van der Waals surface area contributed by atoms with Crippen molar-refractivity contribution in [3.63, 3.8) is 0 Å². The molecular weight excluding hydrogens is 317 g/mol. The van der Waals surface area contributed by atoms with Crippen LogP contribution < -0.4 is 5.32 Å². The van der Waals surface area contributed by atoms with E-state index < -0.39 is 17.7 Å². The van der Waals surface area contributed by atoms with E-state index in [4.69, 9.17) is 5.11 Å². The number of hydrogen-bond acceptors (Lipinski definition) is 2. The predicted octanol–water partition coefficient (Wildman–Crippen LogP) is 3.03. The van der Waals surface area contributed by atoms with Gasteiger partial charge in [0, 0.05) is 11.6 Å².